The molecule has 1 N–H and O–H groups in total. The Bertz CT molecular complexity index is 1050. The van der Waals surface area contributed by atoms with Gasteiger partial charge in [0.15, 0.2) is 6.10 Å². The van der Waals surface area contributed by atoms with Crippen molar-refractivity contribution in [1.82, 2.24) is 0 Å². The molecule has 5 heteroatoms. The highest BCUT2D eigenvalue weighted by Crippen LogP contribution is 2.08. The summed E-state index contributed by atoms with van der Waals surface area (Å²) in [5.41, 5.74) is 0. The highest BCUT2D eigenvalue weighted by Gasteiger charge is 2.15. The third-order valence-corrected chi connectivity index (χ3v) is 7.55. The normalized spacial score (nSPS) is 13.4. The maximum atomic E-state index is 12.2. The van der Waals surface area contributed by atoms with Gasteiger partial charge in [-0.2, -0.15) is 0 Å². The Morgan fingerprint density at radius 3 is 1.32 bits per heavy atom. The molecule has 0 bridgehead atoms. The second kappa shape index (κ2) is 40.0. The van der Waals surface area contributed by atoms with Crippen molar-refractivity contribution in [1.29, 1.82) is 0 Å². The first kappa shape index (κ1) is 46.6. The molecule has 1 unspecified atom stereocenters. The van der Waals surface area contributed by atoms with E-state index >= 15 is 0 Å². The fourth-order valence-electron chi connectivity index (χ4n) is 4.63. The monoisotopic (exact) mass is 691 g/mol. The summed E-state index contributed by atoms with van der Waals surface area (Å²) in [6.07, 6.45) is 57.2. The average molecular weight is 691 g/mol. The summed E-state index contributed by atoms with van der Waals surface area (Å²) in [5, 5.41) is 9.54. The molecule has 0 saturated heterocycles. The Hall–Kier alpha value is -3.44. The van der Waals surface area contributed by atoms with Crippen molar-refractivity contribution in [3.05, 3.63) is 109 Å². The summed E-state index contributed by atoms with van der Waals surface area (Å²) >= 11 is 0. The predicted molar refractivity (Wildman–Crippen MR) is 214 cm³/mol. The van der Waals surface area contributed by atoms with Crippen molar-refractivity contribution in [2.75, 3.05) is 13.2 Å². The van der Waals surface area contributed by atoms with Gasteiger partial charge in [-0.05, 0) is 96.3 Å². The molecule has 0 aliphatic rings. The zero-order valence-electron chi connectivity index (χ0n) is 31.6. The molecule has 0 saturated carbocycles. The standard InChI is InChI=1S/C45H70O5/c1-3-5-7-9-11-13-15-17-19-21-22-24-26-28-30-32-34-36-38-40-45(48)50-43(41-46)42-49-44(47)39-37-35-33-31-29-27-25-23-20-18-16-14-12-10-8-6-4-2/h5,7,11-14,17-20,22,24-25,27-28,30-31,33,43,46H,3-4,6,8-10,15-16,21,23,26,29,32,34-42H2,1-2H3. The molecule has 0 aliphatic carbocycles. The third kappa shape index (κ3) is 37.4. The van der Waals surface area contributed by atoms with E-state index in [1.165, 1.54) is 25.7 Å². The van der Waals surface area contributed by atoms with Gasteiger partial charge in [-0.25, -0.2) is 0 Å². The summed E-state index contributed by atoms with van der Waals surface area (Å²) in [6, 6.07) is 0. The summed E-state index contributed by atoms with van der Waals surface area (Å²) in [4.78, 5) is 24.2. The first-order chi connectivity index (χ1) is 24.6. The van der Waals surface area contributed by atoms with Crippen LogP contribution >= 0.6 is 0 Å². The number of aliphatic hydroxyl groups is 1. The Balaban J connectivity index is 3.78. The van der Waals surface area contributed by atoms with E-state index in [4.69, 9.17) is 9.47 Å². The van der Waals surface area contributed by atoms with Crippen LogP contribution < -0.4 is 0 Å². The number of allylic oxidation sites excluding steroid dienone is 18. The lowest BCUT2D eigenvalue weighted by Crippen LogP contribution is -2.28. The van der Waals surface area contributed by atoms with Gasteiger partial charge < -0.3 is 14.6 Å². The predicted octanol–water partition coefficient (Wildman–Crippen LogP) is 12.3. The van der Waals surface area contributed by atoms with Crippen LogP contribution in [0.25, 0.3) is 0 Å². The molecule has 0 aliphatic heterocycles. The van der Waals surface area contributed by atoms with E-state index in [2.05, 4.69) is 123 Å². The molecule has 50 heavy (non-hydrogen) atoms. The van der Waals surface area contributed by atoms with Crippen LogP contribution in [0.4, 0.5) is 0 Å². The molecule has 0 amide bonds. The van der Waals surface area contributed by atoms with Crippen LogP contribution in [0.2, 0.25) is 0 Å². The van der Waals surface area contributed by atoms with E-state index in [1.54, 1.807) is 0 Å². The number of esters is 2. The van der Waals surface area contributed by atoms with Gasteiger partial charge in [0.1, 0.15) is 6.61 Å². The number of rotatable bonds is 33. The first-order valence-corrected chi connectivity index (χ1v) is 19.4. The summed E-state index contributed by atoms with van der Waals surface area (Å²) in [5.74, 6) is -0.707. The van der Waals surface area contributed by atoms with Crippen molar-refractivity contribution in [2.24, 2.45) is 0 Å². The fraction of sp³-hybridized carbons (Fsp3) is 0.556. The molecule has 0 radical (unpaired) electrons. The van der Waals surface area contributed by atoms with E-state index in [-0.39, 0.29) is 25.2 Å². The van der Waals surface area contributed by atoms with Crippen LogP contribution in [-0.2, 0) is 19.1 Å². The van der Waals surface area contributed by atoms with Gasteiger partial charge >= 0.3 is 11.9 Å². The molecule has 0 aromatic heterocycles. The summed E-state index contributed by atoms with van der Waals surface area (Å²) in [7, 11) is 0. The number of hydrogen-bond acceptors (Lipinski definition) is 5. The van der Waals surface area contributed by atoms with Gasteiger partial charge in [-0.1, -0.05) is 142 Å². The van der Waals surface area contributed by atoms with Crippen LogP contribution in [0.5, 0.6) is 0 Å². The molecule has 1 atom stereocenters. The molecule has 280 valence electrons. The Labute approximate surface area is 306 Å². The molecule has 0 aromatic rings. The van der Waals surface area contributed by atoms with Gasteiger partial charge in [0.25, 0.3) is 0 Å². The average Bonchev–Trinajstić information content (AvgIpc) is 3.12. The van der Waals surface area contributed by atoms with Crippen molar-refractivity contribution in [3.8, 4) is 0 Å². The highest BCUT2D eigenvalue weighted by molar-refractivity contribution is 5.70. The molecular weight excluding hydrogens is 620 g/mol. The summed E-state index contributed by atoms with van der Waals surface area (Å²) in [6.45, 7) is 3.89. The van der Waals surface area contributed by atoms with Crippen LogP contribution in [0.15, 0.2) is 109 Å². The van der Waals surface area contributed by atoms with E-state index in [0.717, 1.165) is 83.5 Å². The lowest BCUT2D eigenvalue weighted by Gasteiger charge is -2.15. The molecule has 5 nitrogen and oxygen atoms in total. The minimum absolute atomic E-state index is 0.116. The van der Waals surface area contributed by atoms with Crippen LogP contribution in [0, 0.1) is 0 Å². The topological polar surface area (TPSA) is 72.8 Å². The van der Waals surface area contributed by atoms with E-state index in [0.29, 0.717) is 19.3 Å². The van der Waals surface area contributed by atoms with Crippen molar-refractivity contribution >= 4 is 11.9 Å². The minimum atomic E-state index is -0.818. The maximum absolute atomic E-state index is 12.2. The molecule has 0 rings (SSSR count). The SMILES string of the molecule is CCC=CCC=CCC=CCC=CCC=CCCCCCC(=O)OC(CO)COC(=O)CCCC=CCC=CCC=CCC=CCCCCC. The number of unbranched alkanes of at least 4 members (excludes halogenated alkanes) is 7. The van der Waals surface area contributed by atoms with Crippen LogP contribution in [-0.4, -0.2) is 36.4 Å². The number of ether oxygens (including phenoxy) is 2. The molecule has 0 spiro atoms. The highest BCUT2D eigenvalue weighted by atomic mass is 16.6. The van der Waals surface area contributed by atoms with E-state index < -0.39 is 6.10 Å². The van der Waals surface area contributed by atoms with E-state index in [1.807, 2.05) is 0 Å². The summed E-state index contributed by atoms with van der Waals surface area (Å²) < 4.78 is 10.5. The molecule has 0 aromatic carbocycles. The number of carbonyl (C=O) groups excluding carboxylic acids is 2. The largest absolute Gasteiger partial charge is 0.462 e. The van der Waals surface area contributed by atoms with Crippen molar-refractivity contribution in [3.63, 3.8) is 0 Å². The van der Waals surface area contributed by atoms with Crippen LogP contribution in [0.3, 0.4) is 0 Å². The zero-order valence-corrected chi connectivity index (χ0v) is 31.6. The lowest BCUT2D eigenvalue weighted by atomic mass is 10.1. The molecule has 0 fully saturated rings. The van der Waals surface area contributed by atoms with Gasteiger partial charge in [0.05, 0.1) is 6.61 Å². The van der Waals surface area contributed by atoms with Gasteiger partial charge in [0.2, 0.25) is 0 Å². The van der Waals surface area contributed by atoms with Crippen molar-refractivity contribution in [2.45, 2.75) is 148 Å². The molecule has 0 heterocycles. The molecular formula is C45H70O5. The fourth-order valence-corrected chi connectivity index (χ4v) is 4.63. The smallest absolute Gasteiger partial charge is 0.306 e. The Morgan fingerprint density at radius 1 is 0.480 bits per heavy atom. The number of carbonyl (C=O) groups is 2. The van der Waals surface area contributed by atoms with Gasteiger partial charge in [0, 0.05) is 12.8 Å². The second-order valence-corrected chi connectivity index (χ2v) is 12.3. The lowest BCUT2D eigenvalue weighted by molar-refractivity contribution is -0.161. The van der Waals surface area contributed by atoms with Gasteiger partial charge in [-0.15, -0.1) is 0 Å². The second-order valence-electron chi connectivity index (χ2n) is 12.3. The third-order valence-electron chi connectivity index (χ3n) is 7.55. The zero-order chi connectivity index (χ0) is 36.4. The van der Waals surface area contributed by atoms with Gasteiger partial charge in [-0.3, -0.25) is 9.59 Å². The van der Waals surface area contributed by atoms with E-state index in [9.17, 15) is 14.7 Å². The minimum Gasteiger partial charge on any atom is -0.462 e. The Morgan fingerprint density at radius 2 is 0.880 bits per heavy atom. The Kier molecular flexibility index (Phi) is 37.2. The van der Waals surface area contributed by atoms with Crippen LogP contribution in [0.1, 0.15) is 142 Å². The van der Waals surface area contributed by atoms with Crippen molar-refractivity contribution < 1.29 is 24.2 Å². The maximum Gasteiger partial charge on any atom is 0.306 e. The number of hydrogen-bond donors (Lipinski definition) is 1. The quantitative estimate of drug-likeness (QED) is 0.0421. The number of aliphatic hydroxyl groups excluding tert-OH is 1. The first-order valence-electron chi connectivity index (χ1n) is 19.4.